The van der Waals surface area contributed by atoms with E-state index in [4.69, 9.17) is 0 Å². The molecule has 0 spiro atoms. The summed E-state index contributed by atoms with van der Waals surface area (Å²) in [6, 6.07) is 4.46. The Morgan fingerprint density at radius 3 is 2.76 bits per heavy atom. The number of halogens is 2. The van der Waals surface area contributed by atoms with Gasteiger partial charge in [0.2, 0.25) is 0 Å². The molecule has 0 aliphatic carbocycles. The average molecular weight is 301 g/mol. The first kappa shape index (κ1) is 14.4. The van der Waals surface area contributed by atoms with Gasteiger partial charge in [-0.1, -0.05) is 42.1 Å². The zero-order valence-electron chi connectivity index (χ0n) is 10.1. The molecule has 1 aromatic rings. The van der Waals surface area contributed by atoms with Crippen molar-refractivity contribution in [2.75, 3.05) is 0 Å². The lowest BCUT2D eigenvalue weighted by Gasteiger charge is -2.04. The molecule has 0 aromatic heterocycles. The zero-order chi connectivity index (χ0) is 12.7. The van der Waals surface area contributed by atoms with Crippen LogP contribution in [-0.4, -0.2) is 5.78 Å². The maximum atomic E-state index is 13.0. The number of ketones is 1. The molecule has 0 atom stereocenters. The maximum Gasteiger partial charge on any atom is 0.137 e. The lowest BCUT2D eigenvalue weighted by atomic mass is 10.0. The van der Waals surface area contributed by atoms with Crippen LogP contribution in [0.1, 0.15) is 44.6 Å². The molecular formula is C14H18BrFO. The van der Waals surface area contributed by atoms with Crippen molar-refractivity contribution in [3.8, 4) is 0 Å². The standard InChI is InChI=1S/C14H18BrFO/c1-2-3-4-5-6-13(17)10-11-9-12(16)7-8-14(11)15/h7-9H,2-6,10H2,1H3. The van der Waals surface area contributed by atoms with Crippen molar-refractivity contribution in [1.29, 1.82) is 0 Å². The maximum absolute atomic E-state index is 13.0. The lowest BCUT2D eigenvalue weighted by Crippen LogP contribution is -2.03. The lowest BCUT2D eigenvalue weighted by molar-refractivity contribution is -0.118. The second-order valence-electron chi connectivity index (χ2n) is 4.26. The van der Waals surface area contributed by atoms with E-state index < -0.39 is 0 Å². The van der Waals surface area contributed by atoms with Crippen LogP contribution in [0.3, 0.4) is 0 Å². The minimum atomic E-state index is -0.290. The summed E-state index contributed by atoms with van der Waals surface area (Å²) >= 11 is 3.33. The molecule has 17 heavy (non-hydrogen) atoms. The Morgan fingerprint density at radius 1 is 1.29 bits per heavy atom. The van der Waals surface area contributed by atoms with Crippen molar-refractivity contribution in [2.24, 2.45) is 0 Å². The van der Waals surface area contributed by atoms with Gasteiger partial charge in [-0.3, -0.25) is 4.79 Å². The molecule has 0 saturated heterocycles. The van der Waals surface area contributed by atoms with E-state index in [1.165, 1.54) is 25.0 Å². The van der Waals surface area contributed by atoms with Gasteiger partial charge in [0, 0.05) is 17.3 Å². The van der Waals surface area contributed by atoms with Gasteiger partial charge < -0.3 is 0 Å². The highest BCUT2D eigenvalue weighted by atomic mass is 79.9. The van der Waals surface area contributed by atoms with Crippen LogP contribution in [0.5, 0.6) is 0 Å². The number of hydrogen-bond acceptors (Lipinski definition) is 1. The Hall–Kier alpha value is -0.700. The van der Waals surface area contributed by atoms with Crippen molar-refractivity contribution in [2.45, 2.75) is 45.4 Å². The normalized spacial score (nSPS) is 10.5. The Morgan fingerprint density at radius 2 is 2.06 bits per heavy atom. The first-order valence-electron chi connectivity index (χ1n) is 6.09. The molecule has 1 nitrogen and oxygen atoms in total. The van der Waals surface area contributed by atoms with Gasteiger partial charge >= 0.3 is 0 Å². The number of hydrogen-bond donors (Lipinski definition) is 0. The minimum Gasteiger partial charge on any atom is -0.299 e. The third kappa shape index (κ3) is 5.44. The smallest absolute Gasteiger partial charge is 0.137 e. The largest absolute Gasteiger partial charge is 0.299 e. The minimum absolute atomic E-state index is 0.187. The molecule has 0 bridgehead atoms. The van der Waals surface area contributed by atoms with Gasteiger partial charge in [0.05, 0.1) is 0 Å². The van der Waals surface area contributed by atoms with Crippen molar-refractivity contribution < 1.29 is 9.18 Å². The SMILES string of the molecule is CCCCCCC(=O)Cc1cc(F)ccc1Br. The van der Waals surface area contributed by atoms with Gasteiger partial charge in [0.25, 0.3) is 0 Å². The van der Waals surface area contributed by atoms with Crippen LogP contribution in [0.2, 0.25) is 0 Å². The number of benzene rings is 1. The Kier molecular flexibility index (Phi) is 6.41. The fraction of sp³-hybridized carbons (Fsp3) is 0.500. The van der Waals surface area contributed by atoms with Crippen LogP contribution in [0, 0.1) is 5.82 Å². The van der Waals surface area contributed by atoms with Crippen LogP contribution in [0.4, 0.5) is 4.39 Å². The second kappa shape index (κ2) is 7.59. The van der Waals surface area contributed by atoms with Crippen molar-refractivity contribution >= 4 is 21.7 Å². The summed E-state index contributed by atoms with van der Waals surface area (Å²) in [5, 5.41) is 0. The zero-order valence-corrected chi connectivity index (χ0v) is 11.7. The Balaban J connectivity index is 2.42. The number of unbranched alkanes of at least 4 members (excludes halogenated alkanes) is 3. The van der Waals surface area contributed by atoms with Crippen molar-refractivity contribution in [3.63, 3.8) is 0 Å². The van der Waals surface area contributed by atoms with Gasteiger partial charge in [-0.15, -0.1) is 0 Å². The topological polar surface area (TPSA) is 17.1 Å². The highest BCUT2D eigenvalue weighted by molar-refractivity contribution is 9.10. The van der Waals surface area contributed by atoms with E-state index in [2.05, 4.69) is 22.9 Å². The van der Waals surface area contributed by atoms with E-state index in [0.29, 0.717) is 12.8 Å². The highest BCUT2D eigenvalue weighted by Crippen LogP contribution is 2.19. The first-order chi connectivity index (χ1) is 8.13. The summed E-state index contributed by atoms with van der Waals surface area (Å²) in [5.74, 6) is -0.102. The van der Waals surface area contributed by atoms with E-state index in [1.54, 1.807) is 6.07 Å². The molecule has 1 rings (SSSR count). The van der Waals surface area contributed by atoms with E-state index in [1.807, 2.05) is 0 Å². The monoisotopic (exact) mass is 300 g/mol. The molecule has 3 heteroatoms. The molecule has 94 valence electrons. The van der Waals surface area contributed by atoms with Gasteiger partial charge in [-0.2, -0.15) is 0 Å². The number of rotatable bonds is 7. The number of carbonyl (C=O) groups excluding carboxylic acids is 1. The van der Waals surface area contributed by atoms with Crippen LogP contribution in [0.25, 0.3) is 0 Å². The van der Waals surface area contributed by atoms with Crippen molar-refractivity contribution in [1.82, 2.24) is 0 Å². The summed E-state index contributed by atoms with van der Waals surface area (Å²) in [4.78, 5) is 11.7. The van der Waals surface area contributed by atoms with E-state index in [0.717, 1.165) is 22.9 Å². The molecule has 0 heterocycles. The van der Waals surface area contributed by atoms with Crippen molar-refractivity contribution in [3.05, 3.63) is 34.1 Å². The number of carbonyl (C=O) groups is 1. The number of Topliss-reactive ketones (excluding diaryl/α,β-unsaturated/α-hetero) is 1. The Labute approximate surface area is 111 Å². The summed E-state index contributed by atoms with van der Waals surface area (Å²) in [6.45, 7) is 2.14. The summed E-state index contributed by atoms with van der Waals surface area (Å²) in [5.41, 5.74) is 0.741. The third-order valence-corrected chi connectivity index (χ3v) is 3.48. The fourth-order valence-corrected chi connectivity index (χ4v) is 2.12. The fourth-order valence-electron chi connectivity index (χ4n) is 1.73. The molecule has 0 aliphatic heterocycles. The average Bonchev–Trinajstić information content (AvgIpc) is 2.29. The molecule has 0 saturated carbocycles. The van der Waals surface area contributed by atoms with Gasteiger partial charge in [-0.05, 0) is 30.2 Å². The molecule has 0 amide bonds. The molecule has 0 unspecified atom stereocenters. The summed E-state index contributed by atoms with van der Waals surface area (Å²) in [6.07, 6.45) is 5.32. The van der Waals surface area contributed by atoms with Crippen LogP contribution in [0.15, 0.2) is 22.7 Å². The van der Waals surface area contributed by atoms with Crippen LogP contribution >= 0.6 is 15.9 Å². The summed E-state index contributed by atoms with van der Waals surface area (Å²) < 4.78 is 13.8. The summed E-state index contributed by atoms with van der Waals surface area (Å²) in [7, 11) is 0. The second-order valence-corrected chi connectivity index (χ2v) is 5.12. The Bertz CT molecular complexity index is 376. The molecule has 0 fully saturated rings. The van der Waals surface area contributed by atoms with Gasteiger partial charge in [0.1, 0.15) is 11.6 Å². The highest BCUT2D eigenvalue weighted by Gasteiger charge is 2.07. The molecule has 0 aliphatic rings. The molecule has 1 aromatic carbocycles. The predicted molar refractivity (Wildman–Crippen MR) is 71.6 cm³/mol. The molecular weight excluding hydrogens is 283 g/mol. The predicted octanol–water partition coefficient (Wildman–Crippen LogP) is 4.67. The van der Waals surface area contributed by atoms with Gasteiger partial charge in [0.15, 0.2) is 0 Å². The first-order valence-corrected chi connectivity index (χ1v) is 6.88. The van der Waals surface area contributed by atoms with Gasteiger partial charge in [-0.25, -0.2) is 4.39 Å². The third-order valence-electron chi connectivity index (χ3n) is 2.70. The van der Waals surface area contributed by atoms with E-state index in [-0.39, 0.29) is 11.6 Å². The quantitative estimate of drug-likeness (QED) is 0.669. The molecule has 0 N–H and O–H groups in total. The van der Waals surface area contributed by atoms with E-state index >= 15 is 0 Å². The van der Waals surface area contributed by atoms with Crippen LogP contribution in [-0.2, 0) is 11.2 Å². The molecule has 0 radical (unpaired) electrons. The van der Waals surface area contributed by atoms with Crippen LogP contribution < -0.4 is 0 Å². The van der Waals surface area contributed by atoms with E-state index in [9.17, 15) is 9.18 Å².